The van der Waals surface area contributed by atoms with E-state index in [4.69, 9.17) is 0 Å². The molecular formula is C16H20N4OS. The molecule has 0 bridgehead atoms. The van der Waals surface area contributed by atoms with E-state index in [0.29, 0.717) is 11.4 Å². The van der Waals surface area contributed by atoms with E-state index in [9.17, 15) is 4.79 Å². The van der Waals surface area contributed by atoms with Crippen LogP contribution in [0.25, 0.3) is 0 Å². The Hall–Kier alpha value is -1.79. The molecule has 0 saturated carbocycles. The van der Waals surface area contributed by atoms with Crippen LogP contribution >= 0.6 is 11.5 Å². The summed E-state index contributed by atoms with van der Waals surface area (Å²) in [5.41, 5.74) is 2.00. The van der Waals surface area contributed by atoms with Crippen LogP contribution in [0.3, 0.4) is 0 Å². The van der Waals surface area contributed by atoms with Crippen LogP contribution in [0.1, 0.15) is 40.3 Å². The molecular weight excluding hydrogens is 296 g/mol. The number of aryl methyl sites for hydroxylation is 1. The van der Waals surface area contributed by atoms with E-state index in [1.165, 1.54) is 11.5 Å². The summed E-state index contributed by atoms with van der Waals surface area (Å²) < 4.78 is 3.98. The van der Waals surface area contributed by atoms with Crippen molar-refractivity contribution >= 4 is 17.4 Å². The molecule has 1 aliphatic rings. The predicted molar refractivity (Wildman–Crippen MR) is 87.0 cm³/mol. The highest BCUT2D eigenvalue weighted by molar-refractivity contribution is 7.08. The van der Waals surface area contributed by atoms with Crippen LogP contribution in [-0.2, 0) is 6.42 Å². The van der Waals surface area contributed by atoms with Crippen molar-refractivity contribution in [3.63, 3.8) is 0 Å². The Morgan fingerprint density at radius 1 is 1.41 bits per heavy atom. The normalized spacial score (nSPS) is 18.4. The fraction of sp³-hybridized carbons (Fsp3) is 0.438. The van der Waals surface area contributed by atoms with Gasteiger partial charge in [0.25, 0.3) is 5.91 Å². The number of aromatic nitrogens is 2. The van der Waals surface area contributed by atoms with Crippen LogP contribution in [0.5, 0.6) is 0 Å². The van der Waals surface area contributed by atoms with E-state index in [0.717, 1.165) is 37.2 Å². The largest absolute Gasteiger partial charge is 0.328 e. The third-order valence-electron chi connectivity index (χ3n) is 3.93. The number of benzene rings is 1. The number of amides is 1. The van der Waals surface area contributed by atoms with Crippen molar-refractivity contribution < 1.29 is 4.79 Å². The van der Waals surface area contributed by atoms with Gasteiger partial charge in [0.2, 0.25) is 0 Å². The number of nitrogens with zero attached hydrogens (tertiary/aromatic N) is 3. The summed E-state index contributed by atoms with van der Waals surface area (Å²) in [7, 11) is 0. The minimum Gasteiger partial charge on any atom is -0.328 e. The van der Waals surface area contributed by atoms with E-state index in [1.54, 1.807) is 0 Å². The second-order valence-corrected chi connectivity index (χ2v) is 6.18. The van der Waals surface area contributed by atoms with Gasteiger partial charge in [0, 0.05) is 19.6 Å². The third-order valence-corrected chi connectivity index (χ3v) is 4.68. The van der Waals surface area contributed by atoms with Gasteiger partial charge in [-0.05, 0) is 23.5 Å². The third kappa shape index (κ3) is 3.03. The van der Waals surface area contributed by atoms with Gasteiger partial charge >= 0.3 is 0 Å². The van der Waals surface area contributed by atoms with Crippen LogP contribution < -0.4 is 5.32 Å². The van der Waals surface area contributed by atoms with Gasteiger partial charge in [-0.2, -0.15) is 0 Å². The fourth-order valence-electron chi connectivity index (χ4n) is 2.82. The summed E-state index contributed by atoms with van der Waals surface area (Å²) >= 11 is 1.22. The Labute approximate surface area is 134 Å². The summed E-state index contributed by atoms with van der Waals surface area (Å²) in [5.74, 6) is 0.0637. The van der Waals surface area contributed by atoms with Crippen LogP contribution in [0, 0.1) is 0 Å². The van der Waals surface area contributed by atoms with Crippen LogP contribution in [-0.4, -0.2) is 40.0 Å². The van der Waals surface area contributed by atoms with E-state index in [-0.39, 0.29) is 11.9 Å². The molecule has 1 aromatic carbocycles. The van der Waals surface area contributed by atoms with Crippen molar-refractivity contribution in [2.45, 2.75) is 25.8 Å². The van der Waals surface area contributed by atoms with Gasteiger partial charge < -0.3 is 10.2 Å². The standard InChI is InChI=1S/C16H20N4OS/c1-2-6-13-15(22-19-18-13)16(21)20-10-9-17-11-14(20)12-7-4-3-5-8-12/h3-5,7-8,14,17H,2,6,9-11H2,1H3/t14-/m0/s1. The van der Waals surface area contributed by atoms with Gasteiger partial charge in [-0.3, -0.25) is 4.79 Å². The lowest BCUT2D eigenvalue weighted by molar-refractivity contribution is 0.0638. The van der Waals surface area contributed by atoms with E-state index >= 15 is 0 Å². The topological polar surface area (TPSA) is 58.1 Å². The number of nitrogens with one attached hydrogen (secondary N) is 1. The lowest BCUT2D eigenvalue weighted by Crippen LogP contribution is -2.48. The maximum absolute atomic E-state index is 13.0. The summed E-state index contributed by atoms with van der Waals surface area (Å²) in [4.78, 5) is 15.6. The molecule has 2 aromatic rings. The maximum Gasteiger partial charge on any atom is 0.268 e. The van der Waals surface area contributed by atoms with Crippen LogP contribution in [0.2, 0.25) is 0 Å². The molecule has 1 amide bonds. The molecule has 1 atom stereocenters. The van der Waals surface area contributed by atoms with Crippen molar-refractivity contribution in [2.24, 2.45) is 0 Å². The molecule has 1 N–H and O–H groups in total. The maximum atomic E-state index is 13.0. The molecule has 2 heterocycles. The van der Waals surface area contributed by atoms with Crippen molar-refractivity contribution in [2.75, 3.05) is 19.6 Å². The molecule has 3 rings (SSSR count). The lowest BCUT2D eigenvalue weighted by Gasteiger charge is -2.36. The molecule has 22 heavy (non-hydrogen) atoms. The van der Waals surface area contributed by atoms with Gasteiger partial charge in [-0.1, -0.05) is 48.2 Å². The van der Waals surface area contributed by atoms with Crippen molar-refractivity contribution in [1.82, 2.24) is 19.8 Å². The molecule has 1 saturated heterocycles. The number of carbonyl (C=O) groups excluding carboxylic acids is 1. The minimum atomic E-state index is 0.0637. The lowest BCUT2D eigenvalue weighted by atomic mass is 10.0. The Morgan fingerprint density at radius 2 is 2.23 bits per heavy atom. The first-order valence-corrected chi connectivity index (χ1v) is 8.46. The first-order valence-electron chi connectivity index (χ1n) is 7.69. The average molecular weight is 316 g/mol. The van der Waals surface area contributed by atoms with Crippen molar-refractivity contribution in [1.29, 1.82) is 0 Å². The van der Waals surface area contributed by atoms with E-state index < -0.39 is 0 Å². The Morgan fingerprint density at radius 3 is 3.00 bits per heavy atom. The monoisotopic (exact) mass is 316 g/mol. The summed E-state index contributed by atoms with van der Waals surface area (Å²) in [6.45, 7) is 4.41. The highest BCUT2D eigenvalue weighted by atomic mass is 32.1. The second kappa shape index (κ2) is 6.98. The zero-order valence-electron chi connectivity index (χ0n) is 12.7. The zero-order valence-corrected chi connectivity index (χ0v) is 13.5. The number of piperazine rings is 1. The van der Waals surface area contributed by atoms with Crippen molar-refractivity contribution in [3.05, 3.63) is 46.5 Å². The van der Waals surface area contributed by atoms with Crippen LogP contribution in [0.4, 0.5) is 0 Å². The number of carbonyl (C=O) groups is 1. The van der Waals surface area contributed by atoms with Gasteiger partial charge in [-0.25, -0.2) is 0 Å². The van der Waals surface area contributed by atoms with Gasteiger partial charge in [-0.15, -0.1) is 5.10 Å². The molecule has 0 radical (unpaired) electrons. The Balaban J connectivity index is 1.87. The quantitative estimate of drug-likeness (QED) is 0.940. The van der Waals surface area contributed by atoms with Gasteiger partial charge in [0.1, 0.15) is 4.88 Å². The van der Waals surface area contributed by atoms with E-state index in [2.05, 4.69) is 34.0 Å². The van der Waals surface area contributed by atoms with Gasteiger partial charge in [0.05, 0.1) is 11.7 Å². The fourth-order valence-corrected chi connectivity index (χ4v) is 3.49. The summed E-state index contributed by atoms with van der Waals surface area (Å²) in [5, 5.41) is 7.51. The smallest absolute Gasteiger partial charge is 0.268 e. The predicted octanol–water partition coefficient (Wildman–Crippen LogP) is 2.28. The molecule has 0 aliphatic carbocycles. The second-order valence-electron chi connectivity index (χ2n) is 5.43. The Kier molecular flexibility index (Phi) is 4.80. The highest BCUT2D eigenvalue weighted by Gasteiger charge is 2.30. The first-order chi connectivity index (χ1) is 10.8. The molecule has 0 unspecified atom stereocenters. The first kappa shape index (κ1) is 15.1. The summed E-state index contributed by atoms with van der Waals surface area (Å²) in [6.07, 6.45) is 1.77. The molecule has 6 heteroatoms. The minimum absolute atomic E-state index is 0.0637. The van der Waals surface area contributed by atoms with E-state index in [1.807, 2.05) is 23.1 Å². The molecule has 5 nitrogen and oxygen atoms in total. The zero-order chi connectivity index (χ0) is 15.4. The average Bonchev–Trinajstić information content (AvgIpc) is 3.04. The molecule has 116 valence electrons. The molecule has 1 aromatic heterocycles. The van der Waals surface area contributed by atoms with Crippen LogP contribution in [0.15, 0.2) is 30.3 Å². The number of rotatable bonds is 4. The Bertz CT molecular complexity index is 628. The van der Waals surface area contributed by atoms with Gasteiger partial charge in [0.15, 0.2) is 0 Å². The summed E-state index contributed by atoms with van der Waals surface area (Å²) in [6, 6.07) is 10.3. The molecule has 0 spiro atoms. The highest BCUT2D eigenvalue weighted by Crippen LogP contribution is 2.26. The molecule has 1 aliphatic heterocycles. The SMILES string of the molecule is CCCc1nnsc1C(=O)N1CCNC[C@H]1c1ccccc1. The molecule has 1 fully saturated rings. The number of hydrogen-bond donors (Lipinski definition) is 1. The van der Waals surface area contributed by atoms with Crippen molar-refractivity contribution in [3.8, 4) is 0 Å². The number of hydrogen-bond acceptors (Lipinski definition) is 5.